The van der Waals surface area contributed by atoms with Crippen LogP contribution in [0.5, 0.6) is 0 Å². The van der Waals surface area contributed by atoms with Crippen LogP contribution in [0.15, 0.2) is 30.3 Å². The van der Waals surface area contributed by atoms with Crippen LogP contribution in [0.2, 0.25) is 0 Å². The quantitative estimate of drug-likeness (QED) is 0.781. The molecule has 0 saturated carbocycles. The number of allylic oxidation sites excluding steroid dienone is 1. The Morgan fingerprint density at radius 1 is 1.24 bits per heavy atom. The number of carbonyl (C=O) groups is 1. The minimum absolute atomic E-state index is 0.0975. The number of hydrogen-bond acceptors (Lipinski definition) is 2. The second-order valence-electron chi connectivity index (χ2n) is 4.03. The van der Waals surface area contributed by atoms with Crippen LogP contribution < -0.4 is 0 Å². The van der Waals surface area contributed by atoms with Crippen LogP contribution in [0.1, 0.15) is 22.8 Å². The van der Waals surface area contributed by atoms with E-state index in [2.05, 4.69) is 0 Å². The predicted molar refractivity (Wildman–Crippen MR) is 67.9 cm³/mol. The van der Waals surface area contributed by atoms with Crippen LogP contribution in [-0.4, -0.2) is 37.1 Å². The molecule has 1 aromatic rings. The largest absolute Gasteiger partial charge is 0.378 e. The van der Waals surface area contributed by atoms with Crippen molar-refractivity contribution in [1.29, 1.82) is 0 Å². The minimum atomic E-state index is 0.0975. The summed E-state index contributed by atoms with van der Waals surface area (Å²) in [5, 5.41) is 0. The van der Waals surface area contributed by atoms with Crippen LogP contribution >= 0.6 is 0 Å². The maximum absolute atomic E-state index is 12.1. The smallest absolute Gasteiger partial charge is 0.254 e. The Labute approximate surface area is 102 Å². The van der Waals surface area contributed by atoms with Crippen molar-refractivity contribution >= 4 is 12.0 Å². The third-order valence-corrected chi connectivity index (χ3v) is 2.82. The van der Waals surface area contributed by atoms with Gasteiger partial charge in [0.15, 0.2) is 0 Å². The lowest BCUT2D eigenvalue weighted by atomic mass is 10.1. The molecule has 0 unspecified atom stereocenters. The number of carbonyl (C=O) groups excluding carboxylic acids is 1. The first-order valence-electron chi connectivity index (χ1n) is 5.91. The second-order valence-corrected chi connectivity index (χ2v) is 4.03. The highest BCUT2D eigenvalue weighted by Crippen LogP contribution is 2.10. The van der Waals surface area contributed by atoms with Gasteiger partial charge in [-0.25, -0.2) is 0 Å². The fourth-order valence-electron chi connectivity index (χ4n) is 1.88. The van der Waals surface area contributed by atoms with Crippen LogP contribution in [0.3, 0.4) is 0 Å². The maximum Gasteiger partial charge on any atom is 0.254 e. The third kappa shape index (κ3) is 2.94. The van der Waals surface area contributed by atoms with Gasteiger partial charge in [0, 0.05) is 18.7 Å². The molecule has 1 aliphatic heterocycles. The van der Waals surface area contributed by atoms with Gasteiger partial charge in [-0.1, -0.05) is 24.3 Å². The highest BCUT2D eigenvalue weighted by atomic mass is 16.5. The number of nitrogens with zero attached hydrogens (tertiary/aromatic N) is 1. The number of hydrogen-bond donors (Lipinski definition) is 0. The number of benzene rings is 1. The number of ether oxygens (including phenoxy) is 1. The third-order valence-electron chi connectivity index (χ3n) is 2.82. The number of rotatable bonds is 2. The lowest BCUT2D eigenvalue weighted by Crippen LogP contribution is -2.40. The molecule has 0 N–H and O–H groups in total. The number of amides is 1. The van der Waals surface area contributed by atoms with Crippen molar-refractivity contribution in [3.8, 4) is 0 Å². The molecule has 2 rings (SSSR count). The first kappa shape index (κ1) is 11.9. The first-order valence-corrected chi connectivity index (χ1v) is 5.91. The zero-order valence-corrected chi connectivity index (χ0v) is 10.1. The average molecular weight is 231 g/mol. The molecule has 1 aromatic carbocycles. The summed E-state index contributed by atoms with van der Waals surface area (Å²) in [4.78, 5) is 14.0. The molecule has 0 aliphatic carbocycles. The Bertz CT molecular complexity index is 403. The van der Waals surface area contributed by atoms with E-state index in [1.54, 1.807) is 0 Å². The molecule has 0 atom stereocenters. The van der Waals surface area contributed by atoms with E-state index >= 15 is 0 Å². The summed E-state index contributed by atoms with van der Waals surface area (Å²) in [5.41, 5.74) is 1.87. The van der Waals surface area contributed by atoms with Gasteiger partial charge in [-0.05, 0) is 24.6 Å². The molecule has 90 valence electrons. The summed E-state index contributed by atoms with van der Waals surface area (Å²) >= 11 is 0. The van der Waals surface area contributed by atoms with Gasteiger partial charge in [-0.15, -0.1) is 0 Å². The van der Waals surface area contributed by atoms with Gasteiger partial charge in [0.2, 0.25) is 0 Å². The van der Waals surface area contributed by atoms with Crippen molar-refractivity contribution in [2.75, 3.05) is 26.3 Å². The van der Waals surface area contributed by atoms with Crippen LogP contribution in [-0.2, 0) is 4.74 Å². The molecule has 3 nitrogen and oxygen atoms in total. The molecule has 1 saturated heterocycles. The molecule has 1 heterocycles. The SMILES string of the molecule is C/C=C/c1ccc(C(=O)N2CCOCC2)cc1. The summed E-state index contributed by atoms with van der Waals surface area (Å²) in [5.74, 6) is 0.0975. The molecule has 0 bridgehead atoms. The fourth-order valence-corrected chi connectivity index (χ4v) is 1.88. The predicted octanol–water partition coefficient (Wildman–Crippen LogP) is 2.19. The van der Waals surface area contributed by atoms with Gasteiger partial charge >= 0.3 is 0 Å². The van der Waals surface area contributed by atoms with Gasteiger partial charge in [0.05, 0.1) is 13.2 Å². The van der Waals surface area contributed by atoms with E-state index in [4.69, 9.17) is 4.74 Å². The Morgan fingerprint density at radius 2 is 1.88 bits per heavy atom. The molecule has 0 aromatic heterocycles. The molecule has 3 heteroatoms. The molecule has 1 fully saturated rings. The van der Waals surface area contributed by atoms with Crippen molar-refractivity contribution in [1.82, 2.24) is 4.90 Å². The maximum atomic E-state index is 12.1. The van der Waals surface area contributed by atoms with E-state index in [1.807, 2.05) is 48.2 Å². The Balaban J connectivity index is 2.08. The Hall–Kier alpha value is -1.61. The van der Waals surface area contributed by atoms with E-state index in [0.717, 1.165) is 11.1 Å². The van der Waals surface area contributed by atoms with E-state index in [1.165, 1.54) is 0 Å². The normalized spacial score (nSPS) is 16.4. The summed E-state index contributed by atoms with van der Waals surface area (Å²) in [6, 6.07) is 7.70. The van der Waals surface area contributed by atoms with E-state index in [0.29, 0.717) is 26.3 Å². The molecular weight excluding hydrogens is 214 g/mol. The lowest BCUT2D eigenvalue weighted by Gasteiger charge is -2.26. The highest BCUT2D eigenvalue weighted by molar-refractivity contribution is 5.94. The summed E-state index contributed by atoms with van der Waals surface area (Å²) in [7, 11) is 0. The first-order chi connectivity index (χ1) is 8.31. The zero-order valence-electron chi connectivity index (χ0n) is 10.1. The zero-order chi connectivity index (χ0) is 12.1. The lowest BCUT2D eigenvalue weighted by molar-refractivity contribution is 0.0303. The molecular formula is C14H17NO2. The topological polar surface area (TPSA) is 29.5 Å². The monoisotopic (exact) mass is 231 g/mol. The van der Waals surface area contributed by atoms with Crippen molar-refractivity contribution in [2.24, 2.45) is 0 Å². The molecule has 17 heavy (non-hydrogen) atoms. The van der Waals surface area contributed by atoms with E-state index in [9.17, 15) is 4.79 Å². The van der Waals surface area contributed by atoms with Gasteiger partial charge in [0.1, 0.15) is 0 Å². The fraction of sp³-hybridized carbons (Fsp3) is 0.357. The minimum Gasteiger partial charge on any atom is -0.378 e. The van der Waals surface area contributed by atoms with Crippen LogP contribution in [0, 0.1) is 0 Å². The van der Waals surface area contributed by atoms with Gasteiger partial charge < -0.3 is 9.64 Å². The molecule has 1 amide bonds. The second kappa shape index (κ2) is 5.64. The average Bonchev–Trinajstić information content (AvgIpc) is 2.40. The molecule has 0 radical (unpaired) electrons. The summed E-state index contributed by atoms with van der Waals surface area (Å²) < 4.78 is 5.23. The summed E-state index contributed by atoms with van der Waals surface area (Å²) in [6.07, 6.45) is 4.00. The number of morpholine rings is 1. The standard InChI is InChI=1S/C14H17NO2/c1-2-3-12-4-6-13(7-5-12)14(16)15-8-10-17-11-9-15/h2-7H,8-11H2,1H3/b3-2+. The van der Waals surface area contributed by atoms with Crippen molar-refractivity contribution < 1.29 is 9.53 Å². The molecule has 0 spiro atoms. The van der Waals surface area contributed by atoms with E-state index < -0.39 is 0 Å². The van der Waals surface area contributed by atoms with Gasteiger partial charge in [0.25, 0.3) is 5.91 Å². The van der Waals surface area contributed by atoms with E-state index in [-0.39, 0.29) is 5.91 Å². The van der Waals surface area contributed by atoms with Gasteiger partial charge in [-0.3, -0.25) is 4.79 Å². The van der Waals surface area contributed by atoms with Gasteiger partial charge in [-0.2, -0.15) is 0 Å². The summed E-state index contributed by atoms with van der Waals surface area (Å²) in [6.45, 7) is 4.64. The van der Waals surface area contributed by atoms with Crippen molar-refractivity contribution in [3.05, 3.63) is 41.5 Å². The van der Waals surface area contributed by atoms with Crippen molar-refractivity contribution in [2.45, 2.75) is 6.92 Å². The van der Waals surface area contributed by atoms with Crippen LogP contribution in [0.25, 0.3) is 6.08 Å². The Kier molecular flexibility index (Phi) is 3.94. The highest BCUT2D eigenvalue weighted by Gasteiger charge is 2.17. The Morgan fingerprint density at radius 3 is 2.47 bits per heavy atom. The van der Waals surface area contributed by atoms with Crippen LogP contribution in [0.4, 0.5) is 0 Å². The molecule has 1 aliphatic rings. The van der Waals surface area contributed by atoms with Crippen molar-refractivity contribution in [3.63, 3.8) is 0 Å².